The Kier molecular flexibility index (Phi) is 7.50. The molecule has 5 fully saturated rings. The van der Waals surface area contributed by atoms with Gasteiger partial charge in [0.15, 0.2) is 5.78 Å². The van der Waals surface area contributed by atoms with Crippen molar-refractivity contribution in [1.29, 1.82) is 0 Å². The Balaban J connectivity index is 1.32. The van der Waals surface area contributed by atoms with Crippen LogP contribution in [0.2, 0.25) is 0 Å². The molecule has 4 saturated carbocycles. The number of aliphatic hydroxyl groups is 3. The third-order valence-corrected chi connectivity index (χ3v) is 15.6. The molecule has 7 nitrogen and oxygen atoms in total. The van der Waals surface area contributed by atoms with Crippen molar-refractivity contribution in [3.8, 4) is 0 Å². The van der Waals surface area contributed by atoms with Gasteiger partial charge in [0.25, 0.3) is 0 Å². The molecule has 44 heavy (non-hydrogen) atoms. The van der Waals surface area contributed by atoms with Crippen molar-refractivity contribution >= 4 is 11.8 Å². The number of aliphatic hydroxyl groups excluding tert-OH is 3. The smallest absolute Gasteiger partial charge is 0.310 e. The van der Waals surface area contributed by atoms with Gasteiger partial charge < -0.3 is 25.2 Å². The maximum absolute atomic E-state index is 14.1. The van der Waals surface area contributed by atoms with Crippen LogP contribution in [-0.4, -0.2) is 62.7 Å². The monoisotopic (exact) mass is 614 g/mol. The van der Waals surface area contributed by atoms with Gasteiger partial charge in [-0.2, -0.15) is 0 Å². The number of carbonyl (C=O) groups is 2. The van der Waals surface area contributed by atoms with Gasteiger partial charge in [-0.15, -0.1) is 0 Å². The number of carboxylic acids is 1. The summed E-state index contributed by atoms with van der Waals surface area (Å²) in [5.41, 5.74) is 0.605. The standard InChI is InChI=1S/C37H58O7/c1-20-26(38)28(40)29(41)30(44-20)27(39)22-11-13-34(6)24(33(22,4)5)12-14-36(8)25(34)10-9-21-23-19-32(2,3)15-17-37(23,31(42)43)18-16-35(21,36)7/h9,20,22-26,28-30,38,40-41H,10-19H2,1-8H3,(H,42,43)/t20?,22-,23?,24?,25?,26+,28+,29?,30+,34+,35-,36-,37+/m1/s1. The van der Waals surface area contributed by atoms with E-state index in [1.807, 2.05) is 0 Å². The molecule has 1 saturated heterocycles. The third kappa shape index (κ3) is 4.20. The van der Waals surface area contributed by atoms with Crippen LogP contribution in [0, 0.1) is 56.2 Å². The molecular formula is C37H58O7. The fourth-order valence-corrected chi connectivity index (χ4v) is 12.6. The van der Waals surface area contributed by atoms with E-state index >= 15 is 0 Å². The Morgan fingerprint density at radius 2 is 1.48 bits per heavy atom. The quantitative estimate of drug-likeness (QED) is 0.291. The molecule has 0 spiro atoms. The summed E-state index contributed by atoms with van der Waals surface area (Å²) in [5, 5.41) is 42.1. The van der Waals surface area contributed by atoms with E-state index in [0.29, 0.717) is 18.3 Å². The summed E-state index contributed by atoms with van der Waals surface area (Å²) in [6.45, 7) is 18.2. The SMILES string of the molecule is CC1O[C@@H](C(=O)[C@H]2CC[C@@]3(C)C(CC[C@]4(C)C3CC=C3C5CC(C)(C)CC[C@]5(C(=O)O)CC[C@]34C)C2(C)C)C(O)[C@@H](O)[C@H]1O. The van der Waals surface area contributed by atoms with Crippen molar-refractivity contribution in [3.05, 3.63) is 11.6 Å². The molecule has 7 heteroatoms. The van der Waals surface area contributed by atoms with E-state index in [4.69, 9.17) is 4.74 Å². The molecule has 5 unspecified atom stereocenters. The first kappa shape index (κ1) is 32.7. The third-order valence-electron chi connectivity index (χ3n) is 15.6. The molecule has 5 aliphatic carbocycles. The number of fused-ring (bicyclic) bond motifs is 7. The first-order valence-corrected chi connectivity index (χ1v) is 17.4. The van der Waals surface area contributed by atoms with E-state index in [2.05, 4.69) is 54.5 Å². The van der Waals surface area contributed by atoms with E-state index in [9.17, 15) is 30.0 Å². The van der Waals surface area contributed by atoms with E-state index in [1.165, 1.54) is 5.57 Å². The zero-order chi connectivity index (χ0) is 32.4. The summed E-state index contributed by atoms with van der Waals surface area (Å²) in [7, 11) is 0. The van der Waals surface area contributed by atoms with E-state index in [1.54, 1.807) is 6.92 Å². The summed E-state index contributed by atoms with van der Waals surface area (Å²) < 4.78 is 5.85. The number of allylic oxidation sites excluding steroid dienone is 2. The number of ether oxygens (including phenoxy) is 1. The lowest BCUT2D eigenvalue weighted by Gasteiger charge is -2.71. The predicted octanol–water partition coefficient (Wildman–Crippen LogP) is 5.93. The van der Waals surface area contributed by atoms with Crippen molar-refractivity contribution in [3.63, 3.8) is 0 Å². The van der Waals surface area contributed by atoms with Crippen LogP contribution in [0.3, 0.4) is 0 Å². The second-order valence-electron chi connectivity index (χ2n) is 18.2. The van der Waals surface area contributed by atoms with Crippen molar-refractivity contribution in [2.75, 3.05) is 0 Å². The number of carbonyl (C=O) groups excluding carboxylic acids is 1. The lowest BCUT2D eigenvalue weighted by molar-refractivity contribution is -0.225. The van der Waals surface area contributed by atoms with Crippen molar-refractivity contribution < 1.29 is 34.8 Å². The average Bonchev–Trinajstić information content (AvgIpc) is 2.93. The minimum Gasteiger partial charge on any atom is -0.481 e. The van der Waals surface area contributed by atoms with Gasteiger partial charge in [0.1, 0.15) is 24.4 Å². The average molecular weight is 615 g/mol. The summed E-state index contributed by atoms with van der Waals surface area (Å²) in [5.74, 6) is -0.227. The molecule has 0 aromatic rings. The predicted molar refractivity (Wildman–Crippen MR) is 168 cm³/mol. The molecule has 0 amide bonds. The molecule has 0 bridgehead atoms. The van der Waals surface area contributed by atoms with Gasteiger partial charge in [0, 0.05) is 5.92 Å². The highest BCUT2D eigenvalue weighted by Gasteiger charge is 2.70. The molecule has 1 heterocycles. The molecule has 248 valence electrons. The lowest BCUT2D eigenvalue weighted by atomic mass is 9.33. The molecule has 0 aromatic carbocycles. The first-order chi connectivity index (χ1) is 20.3. The van der Waals surface area contributed by atoms with Crippen molar-refractivity contribution in [1.82, 2.24) is 0 Å². The Hall–Kier alpha value is -1.28. The van der Waals surface area contributed by atoms with E-state index in [-0.39, 0.29) is 44.7 Å². The molecule has 6 rings (SSSR count). The van der Waals surface area contributed by atoms with Crippen LogP contribution in [0.4, 0.5) is 0 Å². The lowest BCUT2D eigenvalue weighted by Crippen LogP contribution is -2.66. The van der Waals surface area contributed by atoms with Gasteiger partial charge in [-0.05, 0) is 116 Å². The number of ketones is 1. The Bertz CT molecular complexity index is 1240. The number of hydrogen-bond donors (Lipinski definition) is 4. The largest absolute Gasteiger partial charge is 0.481 e. The highest BCUT2D eigenvalue weighted by Crippen LogP contribution is 2.76. The Morgan fingerprint density at radius 1 is 0.818 bits per heavy atom. The van der Waals surface area contributed by atoms with Gasteiger partial charge >= 0.3 is 5.97 Å². The van der Waals surface area contributed by atoms with Crippen LogP contribution < -0.4 is 0 Å². The molecule has 0 aromatic heterocycles. The number of carboxylic acid groups (broad SMARTS) is 1. The van der Waals surface area contributed by atoms with Crippen molar-refractivity contribution in [2.24, 2.45) is 56.2 Å². The van der Waals surface area contributed by atoms with Crippen LogP contribution >= 0.6 is 0 Å². The summed E-state index contributed by atoms with van der Waals surface area (Å²) >= 11 is 0. The van der Waals surface area contributed by atoms with Crippen LogP contribution in [0.5, 0.6) is 0 Å². The fourth-order valence-electron chi connectivity index (χ4n) is 12.6. The highest BCUT2D eigenvalue weighted by molar-refractivity contribution is 5.87. The second-order valence-corrected chi connectivity index (χ2v) is 18.2. The van der Waals surface area contributed by atoms with Gasteiger partial charge in [-0.25, -0.2) is 0 Å². The maximum atomic E-state index is 14.1. The molecule has 1 aliphatic heterocycles. The van der Waals surface area contributed by atoms with Gasteiger partial charge in [-0.1, -0.05) is 60.1 Å². The Morgan fingerprint density at radius 3 is 2.14 bits per heavy atom. The van der Waals surface area contributed by atoms with Gasteiger partial charge in [0.05, 0.1) is 11.5 Å². The molecule has 0 radical (unpaired) electrons. The summed E-state index contributed by atoms with van der Waals surface area (Å²) in [4.78, 5) is 27.0. The Labute approximate surface area is 264 Å². The first-order valence-electron chi connectivity index (χ1n) is 17.4. The molecule has 6 aliphatic rings. The van der Waals surface area contributed by atoms with E-state index < -0.39 is 41.9 Å². The minimum atomic E-state index is -1.44. The van der Waals surface area contributed by atoms with Gasteiger partial charge in [0.2, 0.25) is 0 Å². The highest BCUT2D eigenvalue weighted by atomic mass is 16.5. The number of Topliss-reactive ketones (excluding diaryl/α,β-unsaturated/α-hetero) is 1. The zero-order valence-electron chi connectivity index (χ0n) is 28.4. The summed E-state index contributed by atoms with van der Waals surface area (Å²) in [6.07, 6.45) is 5.54. The van der Waals surface area contributed by atoms with Crippen LogP contribution in [0.15, 0.2) is 11.6 Å². The van der Waals surface area contributed by atoms with Crippen LogP contribution in [0.1, 0.15) is 120 Å². The van der Waals surface area contributed by atoms with Gasteiger partial charge in [-0.3, -0.25) is 9.59 Å². The topological polar surface area (TPSA) is 124 Å². The zero-order valence-corrected chi connectivity index (χ0v) is 28.4. The molecule has 4 N–H and O–H groups in total. The minimum absolute atomic E-state index is 0.0144. The molecule has 13 atom stereocenters. The summed E-state index contributed by atoms with van der Waals surface area (Å²) in [6, 6.07) is 0. The van der Waals surface area contributed by atoms with Crippen molar-refractivity contribution in [2.45, 2.75) is 150 Å². The van der Waals surface area contributed by atoms with E-state index in [0.717, 1.165) is 57.8 Å². The molecular weight excluding hydrogens is 556 g/mol. The number of aliphatic carboxylic acids is 1. The normalized spacial score (nSPS) is 52.8. The van der Waals surface area contributed by atoms with Crippen LogP contribution in [0.25, 0.3) is 0 Å². The van der Waals surface area contributed by atoms with Crippen LogP contribution in [-0.2, 0) is 14.3 Å². The number of hydrogen-bond acceptors (Lipinski definition) is 6. The maximum Gasteiger partial charge on any atom is 0.310 e. The number of rotatable bonds is 3. The fraction of sp³-hybridized carbons (Fsp3) is 0.892. The second kappa shape index (κ2) is 10.1.